The molecule has 0 amide bonds. The molecule has 0 aromatic rings. The molecular formula is C12H13BF4FeO3-. The summed E-state index contributed by atoms with van der Waals surface area (Å²) in [7, 11) is -6.00. The molecule has 1 aliphatic rings. The molecule has 0 fully saturated rings. The molecule has 0 bridgehead atoms. The molecule has 0 N–H and O–H groups in total. The zero-order valence-corrected chi connectivity index (χ0v) is 12.6. The average Bonchev–Trinajstić information content (AvgIpc) is 2.33. The van der Waals surface area contributed by atoms with Gasteiger partial charge in [-0.3, -0.25) is 0 Å². The van der Waals surface area contributed by atoms with E-state index in [1.807, 2.05) is 0 Å². The molecule has 9 heteroatoms. The summed E-state index contributed by atoms with van der Waals surface area (Å²) in [6.45, 7) is 20.0. The van der Waals surface area contributed by atoms with E-state index in [4.69, 9.17) is 14.0 Å². The monoisotopic (exact) mass is 348 g/mol. The minimum atomic E-state index is -6.00. The summed E-state index contributed by atoms with van der Waals surface area (Å²) in [5.41, 5.74) is 2.86. The predicted molar refractivity (Wildman–Crippen MR) is 63.0 cm³/mol. The van der Waals surface area contributed by atoms with E-state index in [1.54, 1.807) is 0 Å². The van der Waals surface area contributed by atoms with Crippen molar-refractivity contribution in [3.8, 4) is 0 Å². The Hall–Kier alpha value is -0.996. The fourth-order valence-electron chi connectivity index (χ4n) is 1.36. The Kier molecular flexibility index (Phi) is 32.6. The topological polar surface area (TPSA) is 59.7 Å². The van der Waals surface area contributed by atoms with Gasteiger partial charge in [-0.2, -0.15) is 0 Å². The summed E-state index contributed by atoms with van der Waals surface area (Å²) < 4.78 is 61.5. The van der Waals surface area contributed by atoms with Crippen LogP contribution in [0, 0.1) is 25.9 Å². The van der Waals surface area contributed by atoms with Crippen molar-refractivity contribution in [3.05, 3.63) is 49.2 Å². The van der Waals surface area contributed by atoms with Crippen molar-refractivity contribution < 1.29 is 48.3 Å². The van der Waals surface area contributed by atoms with Gasteiger partial charge in [0.05, 0.1) is 0 Å². The van der Waals surface area contributed by atoms with Crippen LogP contribution in [0.4, 0.5) is 17.3 Å². The maximum atomic E-state index is 9.75. The van der Waals surface area contributed by atoms with Gasteiger partial charge in [-0.15, -0.1) is 0 Å². The van der Waals surface area contributed by atoms with Crippen LogP contribution >= 0.6 is 0 Å². The van der Waals surface area contributed by atoms with Crippen molar-refractivity contribution in [1.82, 2.24) is 0 Å². The summed E-state index contributed by atoms with van der Waals surface area (Å²) >= 11 is 0. The average molecular weight is 348 g/mol. The first-order valence-corrected chi connectivity index (χ1v) is 4.85. The normalized spacial score (nSPS) is 12.2. The SMILES string of the molecule is C[C]1C=C(C)C=C(C)C1.F[B-](F)(F)F.[C-]#[O+].[C-]#[O+].[C-]#[O+].[Fe]. The third kappa shape index (κ3) is 45.4. The molecule has 21 heavy (non-hydrogen) atoms. The minimum Gasteiger partial charge on any atom is 0 e. The fraction of sp³-hybridized carbons (Fsp3) is 0.333. The van der Waals surface area contributed by atoms with Crippen LogP contribution in [0.1, 0.15) is 27.2 Å². The van der Waals surface area contributed by atoms with Gasteiger partial charge in [0, 0.05) is 17.1 Å². The molecule has 0 aromatic carbocycles. The van der Waals surface area contributed by atoms with Crippen molar-refractivity contribution >= 4 is 7.25 Å². The van der Waals surface area contributed by atoms with E-state index in [0.29, 0.717) is 0 Å². The Morgan fingerprint density at radius 3 is 1.33 bits per heavy atom. The number of hydrogen-bond acceptors (Lipinski definition) is 0. The van der Waals surface area contributed by atoms with E-state index >= 15 is 0 Å². The van der Waals surface area contributed by atoms with Gasteiger partial charge in [0.1, 0.15) is 0 Å². The second-order valence-electron chi connectivity index (χ2n) is 3.40. The number of allylic oxidation sites excluding steroid dienone is 4. The molecule has 1 radical (unpaired) electrons. The first-order chi connectivity index (χ1) is 9.18. The van der Waals surface area contributed by atoms with Gasteiger partial charge < -0.3 is 17.3 Å². The molecule has 3 nitrogen and oxygen atoms in total. The zero-order valence-electron chi connectivity index (χ0n) is 11.5. The van der Waals surface area contributed by atoms with Crippen molar-refractivity contribution in [3.63, 3.8) is 0 Å². The molecular weight excluding hydrogens is 335 g/mol. The standard InChI is InChI=1S/C9H13.3CO.BF4.Fe/c1-7-4-8(2)6-9(3)5-7;3*1-2;2-1(3,4)5;/h4-5H,6H2,1-3H3;;;;;/q;;;;-1;. The second kappa shape index (κ2) is 21.3. The third-order valence-corrected chi connectivity index (χ3v) is 1.51. The molecule has 0 atom stereocenters. The van der Waals surface area contributed by atoms with E-state index in [2.05, 4.69) is 52.9 Å². The Morgan fingerprint density at radius 2 is 1.14 bits per heavy atom. The van der Waals surface area contributed by atoms with Gasteiger partial charge in [0.2, 0.25) is 0 Å². The summed E-state index contributed by atoms with van der Waals surface area (Å²) in [5.74, 6) is 1.48. The Bertz CT molecular complexity index is 339. The van der Waals surface area contributed by atoms with Crippen LogP contribution in [-0.4, -0.2) is 7.25 Å². The molecule has 0 spiro atoms. The number of halogens is 4. The first-order valence-electron chi connectivity index (χ1n) is 4.85. The van der Waals surface area contributed by atoms with Crippen molar-refractivity contribution in [1.29, 1.82) is 0 Å². The maximum absolute atomic E-state index is 9.75. The molecule has 0 aliphatic heterocycles. The Balaban J connectivity index is -0.0000000618. The van der Waals surface area contributed by atoms with Crippen LogP contribution in [0.2, 0.25) is 0 Å². The van der Waals surface area contributed by atoms with Crippen molar-refractivity contribution in [2.24, 2.45) is 0 Å². The van der Waals surface area contributed by atoms with E-state index < -0.39 is 7.25 Å². The van der Waals surface area contributed by atoms with Gasteiger partial charge in [-0.25, -0.2) is 0 Å². The van der Waals surface area contributed by atoms with Crippen molar-refractivity contribution in [2.45, 2.75) is 27.2 Å². The first kappa shape index (κ1) is 32.1. The van der Waals surface area contributed by atoms with Gasteiger partial charge in [0.15, 0.2) is 0 Å². The Labute approximate surface area is 132 Å². The maximum Gasteiger partial charge on any atom is 0 e. The van der Waals surface area contributed by atoms with Crippen LogP contribution in [0.25, 0.3) is 0 Å². The van der Waals surface area contributed by atoms with Gasteiger partial charge in [-0.1, -0.05) is 30.2 Å². The van der Waals surface area contributed by atoms with E-state index in [1.165, 1.54) is 17.1 Å². The van der Waals surface area contributed by atoms with E-state index in [9.17, 15) is 17.3 Å². The van der Waals surface area contributed by atoms with Crippen LogP contribution in [-0.2, 0) is 31.0 Å². The van der Waals surface area contributed by atoms with E-state index in [0.717, 1.165) is 6.42 Å². The molecule has 0 heterocycles. The van der Waals surface area contributed by atoms with E-state index in [-0.39, 0.29) is 17.1 Å². The van der Waals surface area contributed by atoms with Gasteiger partial charge >= 0.3 is 41.2 Å². The Morgan fingerprint density at radius 1 is 0.857 bits per heavy atom. The third-order valence-electron chi connectivity index (χ3n) is 1.51. The van der Waals surface area contributed by atoms with Crippen LogP contribution in [0.3, 0.4) is 0 Å². The summed E-state index contributed by atoms with van der Waals surface area (Å²) in [6, 6.07) is 0. The van der Waals surface area contributed by atoms with Gasteiger partial charge in [-0.05, 0) is 26.2 Å². The van der Waals surface area contributed by atoms with Gasteiger partial charge in [0.25, 0.3) is 0 Å². The van der Waals surface area contributed by atoms with Crippen LogP contribution in [0.5, 0.6) is 0 Å². The summed E-state index contributed by atoms with van der Waals surface area (Å²) in [6.07, 6.45) is 5.65. The second-order valence-corrected chi connectivity index (χ2v) is 3.40. The smallest absolute Gasteiger partial charge is 0 e. The molecule has 1 aliphatic carbocycles. The number of rotatable bonds is 0. The molecule has 119 valence electrons. The predicted octanol–water partition coefficient (Wildman–Crippen LogP) is 4.06. The number of hydrogen-bond donors (Lipinski definition) is 0. The molecule has 0 unspecified atom stereocenters. The molecule has 1 rings (SSSR count). The minimum absolute atomic E-state index is 0. The molecule has 0 saturated carbocycles. The fourth-order valence-corrected chi connectivity index (χ4v) is 1.36. The summed E-state index contributed by atoms with van der Waals surface area (Å²) in [5, 5.41) is 0. The van der Waals surface area contributed by atoms with Crippen LogP contribution in [0.15, 0.2) is 23.3 Å². The largest absolute Gasteiger partial charge is 0 e. The van der Waals surface area contributed by atoms with Crippen LogP contribution < -0.4 is 0 Å². The zero-order chi connectivity index (χ0) is 17.4. The van der Waals surface area contributed by atoms with Crippen molar-refractivity contribution in [2.75, 3.05) is 0 Å². The molecule has 0 aromatic heterocycles. The summed E-state index contributed by atoms with van der Waals surface area (Å²) in [4.78, 5) is 0. The molecule has 0 saturated heterocycles. The quantitative estimate of drug-likeness (QED) is 0.274.